The summed E-state index contributed by atoms with van der Waals surface area (Å²) in [6, 6.07) is 9.77. The molecule has 0 unspecified atom stereocenters. The van der Waals surface area contributed by atoms with Gasteiger partial charge in [0.2, 0.25) is 0 Å². The average Bonchev–Trinajstić information content (AvgIpc) is 2.49. The normalized spacial score (nSPS) is 9.95. The average molecular weight is 302 g/mol. The molecule has 0 aliphatic rings. The summed E-state index contributed by atoms with van der Waals surface area (Å²) in [6.07, 6.45) is 0.613. The topological polar surface area (TPSA) is 86.0 Å². The summed E-state index contributed by atoms with van der Waals surface area (Å²) in [5, 5.41) is 21.4. The molecular formula is C15H12ClN3O2. The number of nitrogens with zero attached hydrogens (tertiary/aromatic N) is 2. The molecule has 1 heterocycles. The standard InChI is InChI=1S/C15H12ClN3O2/c1-2-11-6-10(15(20)21)7-14(18-11)19-13-5-9(8-17)3-4-12(13)16/h3-7H,2H2,1H3,(H,18,19)(H,20,21). The fraction of sp³-hybridized carbons (Fsp3) is 0.133. The van der Waals surface area contributed by atoms with E-state index in [1.54, 1.807) is 18.2 Å². The first-order valence-corrected chi connectivity index (χ1v) is 6.62. The third-order valence-electron chi connectivity index (χ3n) is 2.85. The monoisotopic (exact) mass is 301 g/mol. The van der Waals surface area contributed by atoms with E-state index >= 15 is 0 Å². The van der Waals surface area contributed by atoms with Gasteiger partial charge in [0.05, 0.1) is 27.9 Å². The van der Waals surface area contributed by atoms with Crippen molar-refractivity contribution in [3.8, 4) is 6.07 Å². The van der Waals surface area contributed by atoms with Crippen LogP contribution in [0.1, 0.15) is 28.5 Å². The largest absolute Gasteiger partial charge is 0.478 e. The van der Waals surface area contributed by atoms with Crippen LogP contribution in [0, 0.1) is 11.3 Å². The lowest BCUT2D eigenvalue weighted by Crippen LogP contribution is -2.03. The molecule has 1 aromatic heterocycles. The third kappa shape index (κ3) is 3.50. The van der Waals surface area contributed by atoms with Gasteiger partial charge in [0.15, 0.2) is 0 Å². The molecule has 2 aromatic rings. The number of halogens is 1. The number of nitriles is 1. The fourth-order valence-electron chi connectivity index (χ4n) is 1.78. The van der Waals surface area contributed by atoms with Crippen molar-refractivity contribution in [1.29, 1.82) is 5.26 Å². The molecule has 0 saturated carbocycles. The molecule has 1 aromatic carbocycles. The number of aromatic nitrogens is 1. The number of anilines is 2. The van der Waals surface area contributed by atoms with Gasteiger partial charge in [-0.05, 0) is 36.8 Å². The van der Waals surface area contributed by atoms with E-state index in [0.29, 0.717) is 34.2 Å². The first-order valence-electron chi connectivity index (χ1n) is 6.24. The minimum absolute atomic E-state index is 0.150. The highest BCUT2D eigenvalue weighted by Crippen LogP contribution is 2.26. The minimum atomic E-state index is -1.02. The number of carboxylic acid groups (broad SMARTS) is 1. The maximum atomic E-state index is 11.1. The molecule has 6 heteroatoms. The Bertz CT molecular complexity index is 738. The predicted molar refractivity (Wildman–Crippen MR) is 80.0 cm³/mol. The Morgan fingerprint density at radius 2 is 2.19 bits per heavy atom. The molecule has 0 fully saturated rings. The van der Waals surface area contributed by atoms with Gasteiger partial charge in [-0.2, -0.15) is 5.26 Å². The van der Waals surface area contributed by atoms with Crippen molar-refractivity contribution in [3.63, 3.8) is 0 Å². The molecule has 0 bridgehead atoms. The van der Waals surface area contributed by atoms with E-state index in [9.17, 15) is 4.79 Å². The molecule has 5 nitrogen and oxygen atoms in total. The van der Waals surface area contributed by atoms with Crippen molar-refractivity contribution >= 4 is 29.1 Å². The van der Waals surface area contributed by atoms with Crippen LogP contribution in [0.5, 0.6) is 0 Å². The van der Waals surface area contributed by atoms with E-state index in [0.717, 1.165) is 0 Å². The van der Waals surface area contributed by atoms with Crippen LogP contribution in [0.4, 0.5) is 11.5 Å². The summed E-state index contributed by atoms with van der Waals surface area (Å²) in [6.45, 7) is 1.89. The van der Waals surface area contributed by atoms with E-state index in [1.165, 1.54) is 12.1 Å². The second kappa shape index (κ2) is 6.25. The molecule has 0 spiro atoms. The molecule has 0 radical (unpaired) electrons. The van der Waals surface area contributed by atoms with E-state index < -0.39 is 5.97 Å². The van der Waals surface area contributed by atoms with Crippen molar-refractivity contribution < 1.29 is 9.90 Å². The van der Waals surface area contributed by atoms with Crippen LogP contribution in [0.25, 0.3) is 0 Å². The zero-order valence-corrected chi connectivity index (χ0v) is 12.0. The van der Waals surface area contributed by atoms with Gasteiger partial charge in [-0.15, -0.1) is 0 Å². The number of carbonyl (C=O) groups is 1. The molecule has 106 valence electrons. The van der Waals surface area contributed by atoms with Crippen LogP contribution < -0.4 is 5.32 Å². The van der Waals surface area contributed by atoms with Gasteiger partial charge < -0.3 is 10.4 Å². The molecule has 0 saturated heterocycles. The summed E-state index contributed by atoms with van der Waals surface area (Å²) in [5.41, 5.74) is 1.77. The van der Waals surface area contributed by atoms with Gasteiger partial charge in [0.1, 0.15) is 5.82 Å². The number of hydrogen-bond donors (Lipinski definition) is 2. The molecule has 21 heavy (non-hydrogen) atoms. The van der Waals surface area contributed by atoms with Crippen molar-refractivity contribution in [2.75, 3.05) is 5.32 Å². The fourth-order valence-corrected chi connectivity index (χ4v) is 1.95. The van der Waals surface area contributed by atoms with Gasteiger partial charge >= 0.3 is 5.97 Å². The summed E-state index contributed by atoms with van der Waals surface area (Å²) in [5.74, 6) is -0.643. The molecule has 0 aliphatic heterocycles. The van der Waals surface area contributed by atoms with Crippen LogP contribution in [-0.2, 0) is 6.42 Å². The Morgan fingerprint density at radius 3 is 2.81 bits per heavy atom. The van der Waals surface area contributed by atoms with Gasteiger partial charge in [0.25, 0.3) is 0 Å². The quantitative estimate of drug-likeness (QED) is 0.901. The SMILES string of the molecule is CCc1cc(C(=O)O)cc(Nc2cc(C#N)ccc2Cl)n1. The Hall–Kier alpha value is -2.58. The maximum absolute atomic E-state index is 11.1. The molecule has 0 atom stereocenters. The highest BCUT2D eigenvalue weighted by Gasteiger charge is 2.09. The second-order valence-corrected chi connectivity index (χ2v) is 4.73. The second-order valence-electron chi connectivity index (χ2n) is 4.32. The van der Waals surface area contributed by atoms with E-state index in [4.69, 9.17) is 22.0 Å². The Morgan fingerprint density at radius 1 is 1.43 bits per heavy atom. The Labute approximate surface area is 126 Å². The van der Waals surface area contributed by atoms with E-state index in [-0.39, 0.29) is 5.56 Å². The van der Waals surface area contributed by atoms with Crippen LogP contribution in [0.15, 0.2) is 30.3 Å². The first kappa shape index (κ1) is 14.8. The first-order chi connectivity index (χ1) is 10.0. The Kier molecular flexibility index (Phi) is 4.41. The smallest absolute Gasteiger partial charge is 0.335 e. The summed E-state index contributed by atoms with van der Waals surface area (Å²) < 4.78 is 0. The number of rotatable bonds is 4. The number of carboxylic acids is 1. The minimum Gasteiger partial charge on any atom is -0.478 e. The summed E-state index contributed by atoms with van der Waals surface area (Å²) >= 11 is 6.06. The molecule has 2 N–H and O–H groups in total. The number of aryl methyl sites for hydroxylation is 1. The highest BCUT2D eigenvalue weighted by atomic mass is 35.5. The zero-order valence-electron chi connectivity index (χ0n) is 11.2. The van der Waals surface area contributed by atoms with Crippen LogP contribution in [0.2, 0.25) is 5.02 Å². The maximum Gasteiger partial charge on any atom is 0.335 e. The summed E-state index contributed by atoms with van der Waals surface area (Å²) in [7, 11) is 0. The van der Waals surface area contributed by atoms with Crippen LogP contribution in [0.3, 0.4) is 0 Å². The summed E-state index contributed by atoms with van der Waals surface area (Å²) in [4.78, 5) is 15.4. The van der Waals surface area contributed by atoms with Crippen molar-refractivity contribution in [3.05, 3.63) is 52.2 Å². The number of hydrogen-bond acceptors (Lipinski definition) is 4. The Balaban J connectivity index is 2.41. The van der Waals surface area contributed by atoms with Gasteiger partial charge in [-0.1, -0.05) is 18.5 Å². The number of benzene rings is 1. The van der Waals surface area contributed by atoms with E-state index in [2.05, 4.69) is 10.3 Å². The highest BCUT2D eigenvalue weighted by molar-refractivity contribution is 6.33. The number of nitrogens with one attached hydrogen (secondary N) is 1. The van der Waals surface area contributed by atoms with E-state index in [1.807, 2.05) is 13.0 Å². The molecule has 0 amide bonds. The van der Waals surface area contributed by atoms with Crippen molar-refractivity contribution in [1.82, 2.24) is 4.98 Å². The van der Waals surface area contributed by atoms with Crippen molar-refractivity contribution in [2.45, 2.75) is 13.3 Å². The van der Waals surface area contributed by atoms with Crippen molar-refractivity contribution in [2.24, 2.45) is 0 Å². The molecule has 0 aliphatic carbocycles. The molecular weight excluding hydrogens is 290 g/mol. The van der Waals surface area contributed by atoms with Gasteiger partial charge in [-0.3, -0.25) is 0 Å². The van der Waals surface area contributed by atoms with Gasteiger partial charge in [-0.25, -0.2) is 9.78 Å². The number of pyridine rings is 1. The lowest BCUT2D eigenvalue weighted by molar-refractivity contribution is 0.0696. The van der Waals surface area contributed by atoms with Crippen LogP contribution >= 0.6 is 11.6 Å². The lowest BCUT2D eigenvalue weighted by Gasteiger charge is -2.10. The predicted octanol–water partition coefficient (Wildman–Crippen LogP) is 3.61. The molecule has 2 rings (SSSR count). The third-order valence-corrected chi connectivity index (χ3v) is 3.18. The zero-order chi connectivity index (χ0) is 15.4. The lowest BCUT2D eigenvalue weighted by atomic mass is 10.2. The van der Waals surface area contributed by atoms with Gasteiger partial charge in [0, 0.05) is 5.69 Å². The number of aromatic carboxylic acids is 1. The van der Waals surface area contributed by atoms with Crippen LogP contribution in [-0.4, -0.2) is 16.1 Å².